The molecule has 4 nitrogen and oxygen atoms in total. The Morgan fingerprint density at radius 3 is 2.53 bits per heavy atom. The summed E-state index contributed by atoms with van der Waals surface area (Å²) in [5.74, 6) is 1.52. The Morgan fingerprint density at radius 1 is 1.29 bits per heavy atom. The topological polar surface area (TPSA) is 44.4 Å². The van der Waals surface area contributed by atoms with Crippen LogP contribution in [0.15, 0.2) is 0 Å². The largest absolute Gasteiger partial charge is 0.356 e. The molecule has 2 aliphatic rings. The smallest absolute Gasteiger partial charge is 0.220 e. The molecule has 2 heterocycles. The van der Waals surface area contributed by atoms with Gasteiger partial charge in [0, 0.05) is 13.0 Å². The van der Waals surface area contributed by atoms with E-state index in [9.17, 15) is 4.79 Å². The van der Waals surface area contributed by atoms with Crippen LogP contribution >= 0.6 is 0 Å². The number of hydrogen-bond donors (Lipinski definition) is 2. The van der Waals surface area contributed by atoms with Crippen LogP contribution in [-0.4, -0.2) is 50.1 Å². The Hall–Kier alpha value is -0.610. The van der Waals surface area contributed by atoms with Crippen molar-refractivity contribution in [3.05, 3.63) is 0 Å². The lowest BCUT2D eigenvalue weighted by Crippen LogP contribution is -2.45. The fourth-order valence-electron chi connectivity index (χ4n) is 2.59. The first-order valence-electron chi connectivity index (χ1n) is 6.97. The lowest BCUT2D eigenvalue weighted by atomic mass is 9.96. The van der Waals surface area contributed by atoms with Crippen molar-refractivity contribution in [3.8, 4) is 0 Å². The molecule has 0 spiro atoms. The van der Waals surface area contributed by atoms with Crippen LogP contribution in [0.4, 0.5) is 0 Å². The zero-order valence-electron chi connectivity index (χ0n) is 10.9. The summed E-state index contributed by atoms with van der Waals surface area (Å²) in [6, 6.07) is 0. The van der Waals surface area contributed by atoms with E-state index >= 15 is 0 Å². The van der Waals surface area contributed by atoms with Crippen LogP contribution in [0.3, 0.4) is 0 Å². The maximum Gasteiger partial charge on any atom is 0.220 e. The summed E-state index contributed by atoms with van der Waals surface area (Å²) in [7, 11) is 0. The second-order valence-corrected chi connectivity index (χ2v) is 5.41. The summed E-state index contributed by atoms with van der Waals surface area (Å²) >= 11 is 0. The normalized spacial score (nSPS) is 23.4. The van der Waals surface area contributed by atoms with E-state index in [-0.39, 0.29) is 5.91 Å². The van der Waals surface area contributed by atoms with Crippen molar-refractivity contribution in [1.82, 2.24) is 15.5 Å². The number of nitrogens with zero attached hydrogens (tertiary/aromatic N) is 1. The van der Waals surface area contributed by atoms with Gasteiger partial charge < -0.3 is 15.5 Å². The van der Waals surface area contributed by atoms with Crippen molar-refractivity contribution >= 4 is 5.91 Å². The third-order valence-corrected chi connectivity index (χ3v) is 4.08. The van der Waals surface area contributed by atoms with Gasteiger partial charge >= 0.3 is 0 Å². The van der Waals surface area contributed by atoms with E-state index in [0.717, 1.165) is 26.2 Å². The number of likely N-dealkylation sites (tertiary alicyclic amines) is 1. The van der Waals surface area contributed by atoms with Gasteiger partial charge in [-0.2, -0.15) is 0 Å². The first-order chi connectivity index (χ1) is 8.28. The van der Waals surface area contributed by atoms with Gasteiger partial charge in [-0.1, -0.05) is 6.92 Å². The molecule has 0 aromatic heterocycles. The van der Waals surface area contributed by atoms with Gasteiger partial charge in [0.25, 0.3) is 0 Å². The second-order valence-electron chi connectivity index (χ2n) is 5.41. The third kappa shape index (κ3) is 3.96. The molecule has 2 rings (SSSR count). The molecule has 98 valence electrons. The van der Waals surface area contributed by atoms with Crippen LogP contribution in [0.5, 0.6) is 0 Å². The van der Waals surface area contributed by atoms with Gasteiger partial charge in [0.05, 0.1) is 0 Å². The monoisotopic (exact) mass is 239 g/mol. The molecule has 1 amide bonds. The van der Waals surface area contributed by atoms with Crippen LogP contribution in [-0.2, 0) is 4.79 Å². The van der Waals surface area contributed by atoms with E-state index in [4.69, 9.17) is 0 Å². The van der Waals surface area contributed by atoms with Crippen molar-refractivity contribution in [2.75, 3.05) is 39.3 Å². The molecule has 0 aromatic rings. The lowest BCUT2D eigenvalue weighted by Gasteiger charge is -2.31. The number of amides is 1. The summed E-state index contributed by atoms with van der Waals surface area (Å²) in [5, 5.41) is 6.30. The predicted octanol–water partition coefficient (Wildman–Crippen LogP) is 0.444. The number of rotatable bonds is 5. The van der Waals surface area contributed by atoms with E-state index < -0.39 is 0 Å². The molecular weight excluding hydrogens is 214 g/mol. The summed E-state index contributed by atoms with van der Waals surface area (Å²) < 4.78 is 0. The van der Waals surface area contributed by atoms with Crippen molar-refractivity contribution < 1.29 is 4.79 Å². The fourth-order valence-corrected chi connectivity index (χ4v) is 2.59. The van der Waals surface area contributed by atoms with Crippen LogP contribution in [0.2, 0.25) is 0 Å². The van der Waals surface area contributed by atoms with Gasteiger partial charge in [0.2, 0.25) is 5.91 Å². The maximum absolute atomic E-state index is 11.7. The highest BCUT2D eigenvalue weighted by atomic mass is 16.1. The highest BCUT2D eigenvalue weighted by Gasteiger charge is 2.22. The van der Waals surface area contributed by atoms with Gasteiger partial charge in [-0.15, -0.1) is 0 Å². The molecule has 2 aliphatic heterocycles. The highest BCUT2D eigenvalue weighted by Crippen LogP contribution is 2.16. The molecule has 2 saturated heterocycles. The quantitative estimate of drug-likeness (QED) is 0.732. The van der Waals surface area contributed by atoms with Crippen molar-refractivity contribution in [3.63, 3.8) is 0 Å². The fraction of sp³-hybridized carbons (Fsp3) is 0.923. The molecular formula is C13H25N3O. The van der Waals surface area contributed by atoms with Crippen LogP contribution in [0, 0.1) is 11.8 Å². The minimum Gasteiger partial charge on any atom is -0.356 e. The number of piperidine rings is 1. The van der Waals surface area contributed by atoms with E-state index in [2.05, 4.69) is 22.5 Å². The molecule has 0 atom stereocenters. The summed E-state index contributed by atoms with van der Waals surface area (Å²) in [5.41, 5.74) is 0. The highest BCUT2D eigenvalue weighted by molar-refractivity contribution is 5.76. The molecule has 2 N–H and O–H groups in total. The van der Waals surface area contributed by atoms with Gasteiger partial charge in [-0.25, -0.2) is 0 Å². The molecule has 0 aliphatic carbocycles. The Labute approximate surface area is 104 Å². The van der Waals surface area contributed by atoms with Crippen LogP contribution in [0.1, 0.15) is 26.2 Å². The minimum absolute atomic E-state index is 0.245. The first-order valence-corrected chi connectivity index (χ1v) is 6.97. The second kappa shape index (κ2) is 6.36. The molecule has 0 saturated carbocycles. The maximum atomic E-state index is 11.7. The van der Waals surface area contributed by atoms with Gasteiger partial charge in [-0.05, 0) is 57.4 Å². The number of hydrogen-bond acceptors (Lipinski definition) is 3. The first kappa shape index (κ1) is 12.8. The van der Waals surface area contributed by atoms with E-state index in [1.807, 2.05) is 0 Å². The van der Waals surface area contributed by atoms with E-state index in [0.29, 0.717) is 18.3 Å². The molecule has 0 bridgehead atoms. The standard InChI is InChI=1S/C13H25N3O/c1-2-16-5-3-11(4-6-16)10-15-13(17)7-12-8-14-9-12/h11-12,14H,2-10H2,1H3,(H,15,17). The van der Waals surface area contributed by atoms with Gasteiger partial charge in [-0.3, -0.25) is 4.79 Å². The number of carbonyl (C=O) groups excluding carboxylic acids is 1. The van der Waals surface area contributed by atoms with Crippen molar-refractivity contribution in [2.45, 2.75) is 26.2 Å². The van der Waals surface area contributed by atoms with E-state index in [1.165, 1.54) is 25.9 Å². The van der Waals surface area contributed by atoms with Gasteiger partial charge in [0.1, 0.15) is 0 Å². The SMILES string of the molecule is CCN1CCC(CNC(=O)CC2CNC2)CC1. The zero-order valence-corrected chi connectivity index (χ0v) is 10.9. The average Bonchev–Trinajstić information content (AvgIpc) is 2.32. The lowest BCUT2D eigenvalue weighted by molar-refractivity contribution is -0.122. The zero-order chi connectivity index (χ0) is 12.1. The van der Waals surface area contributed by atoms with E-state index in [1.54, 1.807) is 0 Å². The summed E-state index contributed by atoms with van der Waals surface area (Å²) in [4.78, 5) is 14.1. The van der Waals surface area contributed by atoms with Crippen molar-refractivity contribution in [1.29, 1.82) is 0 Å². The predicted molar refractivity (Wildman–Crippen MR) is 68.8 cm³/mol. The molecule has 17 heavy (non-hydrogen) atoms. The third-order valence-electron chi connectivity index (χ3n) is 4.08. The van der Waals surface area contributed by atoms with Crippen molar-refractivity contribution in [2.24, 2.45) is 11.8 Å². The minimum atomic E-state index is 0.245. The summed E-state index contributed by atoms with van der Waals surface area (Å²) in [6.45, 7) is 8.69. The molecule has 0 unspecified atom stereocenters. The van der Waals surface area contributed by atoms with Crippen LogP contribution < -0.4 is 10.6 Å². The van der Waals surface area contributed by atoms with Crippen LogP contribution in [0.25, 0.3) is 0 Å². The molecule has 0 aromatic carbocycles. The number of nitrogens with one attached hydrogen (secondary N) is 2. The Balaban J connectivity index is 1.56. The molecule has 0 radical (unpaired) electrons. The summed E-state index contributed by atoms with van der Waals surface area (Å²) in [6.07, 6.45) is 3.18. The average molecular weight is 239 g/mol. The Kier molecular flexibility index (Phi) is 4.80. The number of carbonyl (C=O) groups is 1. The molecule has 4 heteroatoms. The molecule has 2 fully saturated rings. The Bertz CT molecular complexity index is 245. The van der Waals surface area contributed by atoms with Gasteiger partial charge in [0.15, 0.2) is 0 Å². The Morgan fingerprint density at radius 2 is 2.00 bits per heavy atom.